The lowest BCUT2D eigenvalue weighted by Gasteiger charge is -2.46. The number of hydrogen-bond donors (Lipinski definition) is 1. The standard InChI is InChI=1S/C19H29NO2.ClH/c1-13-5-8-16(22-4)10-17(13)19(21)11-14-6-7-15(9-14)18(19)12-20(2)3;/h5,8,10,14-15,18,21H,6-7,9,11-12H2,1-4H3;1H. The quantitative estimate of drug-likeness (QED) is 0.909. The first-order valence-corrected chi connectivity index (χ1v) is 8.46. The second-order valence-electron chi connectivity index (χ2n) is 7.62. The van der Waals surface area contributed by atoms with Crippen molar-refractivity contribution in [3.8, 4) is 5.75 Å². The van der Waals surface area contributed by atoms with Crippen LogP contribution in [0.4, 0.5) is 0 Å². The van der Waals surface area contributed by atoms with Gasteiger partial charge in [0.2, 0.25) is 0 Å². The fourth-order valence-corrected chi connectivity index (χ4v) is 4.84. The molecule has 2 fully saturated rings. The highest BCUT2D eigenvalue weighted by atomic mass is 35.5. The zero-order valence-electron chi connectivity index (χ0n) is 14.7. The molecule has 3 rings (SSSR count). The van der Waals surface area contributed by atoms with Crippen molar-refractivity contribution in [1.29, 1.82) is 0 Å². The van der Waals surface area contributed by atoms with Crippen LogP contribution in [-0.4, -0.2) is 37.8 Å². The van der Waals surface area contributed by atoms with Gasteiger partial charge in [-0.3, -0.25) is 0 Å². The van der Waals surface area contributed by atoms with Gasteiger partial charge in [-0.2, -0.15) is 0 Å². The Morgan fingerprint density at radius 3 is 2.70 bits per heavy atom. The Morgan fingerprint density at radius 1 is 1.30 bits per heavy atom. The lowest BCUT2D eigenvalue weighted by molar-refractivity contribution is -0.0896. The van der Waals surface area contributed by atoms with Crippen molar-refractivity contribution in [3.05, 3.63) is 29.3 Å². The summed E-state index contributed by atoms with van der Waals surface area (Å²) in [6.45, 7) is 3.06. The molecule has 0 heterocycles. The highest BCUT2D eigenvalue weighted by Crippen LogP contribution is 2.55. The second-order valence-corrected chi connectivity index (χ2v) is 7.62. The normalized spacial score (nSPS) is 32.7. The summed E-state index contributed by atoms with van der Waals surface area (Å²) in [7, 11) is 5.92. The van der Waals surface area contributed by atoms with Crippen LogP contribution in [0.2, 0.25) is 0 Å². The highest BCUT2D eigenvalue weighted by molar-refractivity contribution is 5.85. The van der Waals surface area contributed by atoms with Gasteiger partial charge in [0, 0.05) is 12.5 Å². The van der Waals surface area contributed by atoms with E-state index >= 15 is 0 Å². The van der Waals surface area contributed by atoms with Gasteiger partial charge in [0.05, 0.1) is 12.7 Å². The van der Waals surface area contributed by atoms with E-state index in [2.05, 4.69) is 38.1 Å². The van der Waals surface area contributed by atoms with Crippen LogP contribution >= 0.6 is 12.4 Å². The van der Waals surface area contributed by atoms with E-state index in [0.717, 1.165) is 24.3 Å². The number of aryl methyl sites for hydroxylation is 1. The minimum Gasteiger partial charge on any atom is -0.497 e. The van der Waals surface area contributed by atoms with Crippen molar-refractivity contribution in [2.45, 2.75) is 38.2 Å². The first-order chi connectivity index (χ1) is 10.4. The van der Waals surface area contributed by atoms with Gasteiger partial charge in [0.25, 0.3) is 0 Å². The number of nitrogens with zero attached hydrogens (tertiary/aromatic N) is 1. The summed E-state index contributed by atoms with van der Waals surface area (Å²) in [6, 6.07) is 6.12. The minimum absolute atomic E-state index is 0. The molecule has 23 heavy (non-hydrogen) atoms. The van der Waals surface area contributed by atoms with Crippen molar-refractivity contribution < 1.29 is 9.84 Å². The number of methoxy groups -OCH3 is 1. The van der Waals surface area contributed by atoms with Crippen molar-refractivity contribution in [3.63, 3.8) is 0 Å². The fourth-order valence-electron chi connectivity index (χ4n) is 4.84. The van der Waals surface area contributed by atoms with Crippen molar-refractivity contribution in [1.82, 2.24) is 4.90 Å². The molecule has 1 aromatic rings. The smallest absolute Gasteiger partial charge is 0.119 e. The molecule has 1 aromatic carbocycles. The number of hydrogen-bond acceptors (Lipinski definition) is 3. The van der Waals surface area contributed by atoms with Crippen molar-refractivity contribution in [2.24, 2.45) is 17.8 Å². The van der Waals surface area contributed by atoms with E-state index in [-0.39, 0.29) is 12.4 Å². The summed E-state index contributed by atoms with van der Waals surface area (Å²) in [5.41, 5.74) is 1.54. The van der Waals surface area contributed by atoms with Crippen molar-refractivity contribution in [2.75, 3.05) is 27.7 Å². The third kappa shape index (κ3) is 3.38. The van der Waals surface area contributed by atoms with Gasteiger partial charge in [0.1, 0.15) is 5.75 Å². The highest BCUT2D eigenvalue weighted by Gasteiger charge is 2.51. The van der Waals surface area contributed by atoms with E-state index in [9.17, 15) is 5.11 Å². The van der Waals surface area contributed by atoms with Gasteiger partial charge in [-0.25, -0.2) is 0 Å². The SMILES string of the molecule is COc1ccc(C)c(C2(O)CC3CCC(C3)C2CN(C)C)c1.Cl. The van der Waals surface area contributed by atoms with Gasteiger partial charge in [-0.05, 0) is 75.4 Å². The van der Waals surface area contributed by atoms with Crippen LogP contribution in [0.1, 0.15) is 36.8 Å². The molecular formula is C19H30ClNO2. The molecule has 1 N–H and O–H groups in total. The molecule has 0 amide bonds. The summed E-state index contributed by atoms with van der Waals surface area (Å²) < 4.78 is 5.41. The van der Waals surface area contributed by atoms with Crippen LogP contribution in [0.15, 0.2) is 18.2 Å². The maximum absolute atomic E-state index is 11.8. The molecule has 0 aromatic heterocycles. The Hall–Kier alpha value is -0.770. The van der Waals surface area contributed by atoms with E-state index in [1.807, 2.05) is 6.07 Å². The van der Waals surface area contributed by atoms with Gasteiger partial charge in [-0.1, -0.05) is 12.5 Å². The van der Waals surface area contributed by atoms with Gasteiger partial charge >= 0.3 is 0 Å². The van der Waals surface area contributed by atoms with Crippen LogP contribution in [0.25, 0.3) is 0 Å². The molecule has 0 saturated heterocycles. The monoisotopic (exact) mass is 339 g/mol. The largest absolute Gasteiger partial charge is 0.497 e. The predicted molar refractivity (Wildman–Crippen MR) is 96.4 cm³/mol. The zero-order chi connectivity index (χ0) is 15.9. The molecule has 4 unspecified atom stereocenters. The number of fused-ring (bicyclic) bond motifs is 2. The molecule has 2 saturated carbocycles. The second kappa shape index (κ2) is 7.00. The average Bonchev–Trinajstić information content (AvgIpc) is 2.87. The van der Waals surface area contributed by atoms with Crippen LogP contribution < -0.4 is 4.74 Å². The summed E-state index contributed by atoms with van der Waals surface area (Å²) >= 11 is 0. The summed E-state index contributed by atoms with van der Waals surface area (Å²) in [6.07, 6.45) is 4.74. The third-order valence-electron chi connectivity index (χ3n) is 5.84. The maximum Gasteiger partial charge on any atom is 0.119 e. The molecule has 130 valence electrons. The number of rotatable bonds is 4. The average molecular weight is 340 g/mol. The summed E-state index contributed by atoms with van der Waals surface area (Å²) in [5, 5.41) is 11.8. The zero-order valence-corrected chi connectivity index (χ0v) is 15.5. The third-order valence-corrected chi connectivity index (χ3v) is 5.84. The van der Waals surface area contributed by atoms with Crippen molar-refractivity contribution >= 4 is 12.4 Å². The first kappa shape index (κ1) is 18.6. The van der Waals surface area contributed by atoms with E-state index in [4.69, 9.17) is 4.74 Å². The molecule has 0 aliphatic heterocycles. The Morgan fingerprint density at radius 2 is 2.04 bits per heavy atom. The van der Waals surface area contributed by atoms with Crippen LogP contribution in [0.5, 0.6) is 5.75 Å². The lowest BCUT2D eigenvalue weighted by Crippen LogP contribution is -2.47. The Bertz CT molecular complexity index is 548. The maximum atomic E-state index is 11.8. The van der Waals surface area contributed by atoms with Gasteiger partial charge < -0.3 is 14.7 Å². The van der Waals surface area contributed by atoms with E-state index < -0.39 is 5.60 Å². The molecule has 0 radical (unpaired) electrons. The molecule has 4 atom stereocenters. The molecular weight excluding hydrogens is 310 g/mol. The van der Waals surface area contributed by atoms with Crippen LogP contribution in [-0.2, 0) is 5.60 Å². The van der Waals surface area contributed by atoms with E-state index in [1.165, 1.54) is 24.8 Å². The van der Waals surface area contributed by atoms with Crippen LogP contribution in [0.3, 0.4) is 0 Å². The molecule has 4 heteroatoms. The topological polar surface area (TPSA) is 32.7 Å². The Kier molecular flexibility index (Phi) is 5.65. The summed E-state index contributed by atoms with van der Waals surface area (Å²) in [4.78, 5) is 2.23. The summed E-state index contributed by atoms with van der Waals surface area (Å²) in [5.74, 6) is 2.48. The first-order valence-electron chi connectivity index (χ1n) is 8.46. The van der Waals surface area contributed by atoms with E-state index in [0.29, 0.717) is 17.8 Å². The van der Waals surface area contributed by atoms with Gasteiger partial charge in [0.15, 0.2) is 0 Å². The Balaban J connectivity index is 0.00000192. The number of benzene rings is 1. The van der Waals surface area contributed by atoms with Crippen LogP contribution in [0, 0.1) is 24.7 Å². The number of aliphatic hydroxyl groups is 1. The minimum atomic E-state index is -0.715. The molecule has 2 bridgehead atoms. The molecule has 0 spiro atoms. The predicted octanol–water partition coefficient (Wildman–Crippen LogP) is 3.61. The van der Waals surface area contributed by atoms with E-state index in [1.54, 1.807) is 7.11 Å². The number of ether oxygens (including phenoxy) is 1. The fraction of sp³-hybridized carbons (Fsp3) is 0.684. The Labute approximate surface area is 146 Å². The molecule has 2 aliphatic carbocycles. The van der Waals surface area contributed by atoms with Gasteiger partial charge in [-0.15, -0.1) is 12.4 Å². The number of halogens is 1. The molecule has 2 aliphatic rings. The molecule has 3 nitrogen and oxygen atoms in total. The lowest BCUT2D eigenvalue weighted by atomic mass is 9.65.